The number of ether oxygens (including phenoxy) is 2. The van der Waals surface area contributed by atoms with Crippen LogP contribution in [0.1, 0.15) is 39.5 Å². The molecule has 1 aromatic carbocycles. The summed E-state index contributed by atoms with van der Waals surface area (Å²) < 4.78 is 10.2. The summed E-state index contributed by atoms with van der Waals surface area (Å²) in [6.07, 6.45) is 4.45. The number of aliphatic hydroxyl groups excluding tert-OH is 1. The molecule has 2 fully saturated rings. The number of rotatable bonds is 4. The van der Waals surface area contributed by atoms with E-state index in [1.807, 2.05) is 24.3 Å². The van der Waals surface area contributed by atoms with Gasteiger partial charge in [-0.25, -0.2) is 9.59 Å². The van der Waals surface area contributed by atoms with Crippen molar-refractivity contribution in [3.8, 4) is 0 Å². The standard InChI is InChI=1S/C19H24N2O5/c1-19(2)25-17(23)14(18(24)26-19)11-20-15-5-3-4-6-16(15)21-12-7-9-13(22)10-8-12/h3-6,11-13,20-22H,7-10H2,1-2H3. The van der Waals surface area contributed by atoms with Crippen LogP contribution >= 0.6 is 0 Å². The molecule has 1 aliphatic carbocycles. The Kier molecular flexibility index (Phi) is 5.18. The van der Waals surface area contributed by atoms with Gasteiger partial charge in [-0.15, -0.1) is 0 Å². The highest BCUT2D eigenvalue weighted by molar-refractivity contribution is 6.15. The Morgan fingerprint density at radius 2 is 1.62 bits per heavy atom. The molecule has 0 spiro atoms. The van der Waals surface area contributed by atoms with E-state index in [1.165, 1.54) is 20.0 Å². The highest BCUT2D eigenvalue weighted by Crippen LogP contribution is 2.28. The van der Waals surface area contributed by atoms with Crippen LogP contribution in [0, 0.1) is 0 Å². The normalized spacial score (nSPS) is 25.1. The number of aliphatic hydroxyl groups is 1. The van der Waals surface area contributed by atoms with E-state index in [0.29, 0.717) is 0 Å². The average molecular weight is 360 g/mol. The Morgan fingerprint density at radius 1 is 1.04 bits per heavy atom. The lowest BCUT2D eigenvalue weighted by molar-refractivity contribution is -0.222. The predicted octanol–water partition coefficient (Wildman–Crippen LogP) is 2.53. The maximum atomic E-state index is 12.0. The Labute approximate surface area is 152 Å². The maximum Gasteiger partial charge on any atom is 0.350 e. The number of hydrogen-bond donors (Lipinski definition) is 3. The lowest BCUT2D eigenvalue weighted by Crippen LogP contribution is -2.42. The van der Waals surface area contributed by atoms with Crippen LogP contribution in [0.5, 0.6) is 0 Å². The van der Waals surface area contributed by atoms with Gasteiger partial charge in [-0.1, -0.05) is 12.1 Å². The Bertz CT molecular complexity index is 698. The van der Waals surface area contributed by atoms with Crippen molar-refractivity contribution in [1.82, 2.24) is 0 Å². The molecule has 1 heterocycles. The zero-order chi connectivity index (χ0) is 18.7. The van der Waals surface area contributed by atoms with Crippen LogP contribution in [0.3, 0.4) is 0 Å². The zero-order valence-electron chi connectivity index (χ0n) is 15.0. The molecule has 140 valence electrons. The minimum Gasteiger partial charge on any atom is -0.419 e. The molecule has 1 saturated carbocycles. The van der Waals surface area contributed by atoms with Crippen molar-refractivity contribution in [2.24, 2.45) is 0 Å². The molecular weight excluding hydrogens is 336 g/mol. The summed E-state index contributed by atoms with van der Waals surface area (Å²) in [5, 5.41) is 16.1. The summed E-state index contributed by atoms with van der Waals surface area (Å²) >= 11 is 0. The van der Waals surface area contributed by atoms with Crippen LogP contribution in [0.2, 0.25) is 0 Å². The number of hydrogen-bond acceptors (Lipinski definition) is 7. The molecule has 0 aromatic heterocycles. The number of carbonyl (C=O) groups excluding carboxylic acids is 2. The summed E-state index contributed by atoms with van der Waals surface area (Å²) in [4.78, 5) is 24.0. The Balaban J connectivity index is 1.70. The minimum absolute atomic E-state index is 0.181. The summed E-state index contributed by atoms with van der Waals surface area (Å²) in [7, 11) is 0. The molecule has 0 radical (unpaired) electrons. The van der Waals surface area contributed by atoms with Crippen LogP contribution in [-0.2, 0) is 19.1 Å². The third-order valence-electron chi connectivity index (χ3n) is 4.47. The third-order valence-corrected chi connectivity index (χ3v) is 4.47. The number of para-hydroxylation sites is 2. The maximum absolute atomic E-state index is 12.0. The van der Waals surface area contributed by atoms with Crippen molar-refractivity contribution in [2.75, 3.05) is 10.6 Å². The fraction of sp³-hybridized carbons (Fsp3) is 0.474. The lowest BCUT2D eigenvalue weighted by Gasteiger charge is -2.30. The molecule has 1 aromatic rings. The van der Waals surface area contributed by atoms with E-state index in [0.717, 1.165) is 37.1 Å². The van der Waals surface area contributed by atoms with Crippen LogP contribution in [0.25, 0.3) is 0 Å². The summed E-state index contributed by atoms with van der Waals surface area (Å²) in [6.45, 7) is 3.01. The molecule has 3 N–H and O–H groups in total. The van der Waals surface area contributed by atoms with Gasteiger partial charge in [-0.05, 0) is 37.8 Å². The first-order chi connectivity index (χ1) is 12.3. The lowest BCUT2D eigenvalue weighted by atomic mass is 9.93. The van der Waals surface area contributed by atoms with Crippen LogP contribution in [0.4, 0.5) is 11.4 Å². The van der Waals surface area contributed by atoms with Gasteiger partial charge >= 0.3 is 11.9 Å². The molecule has 0 unspecified atom stereocenters. The monoisotopic (exact) mass is 360 g/mol. The highest BCUT2D eigenvalue weighted by atomic mass is 16.7. The van der Waals surface area contributed by atoms with E-state index >= 15 is 0 Å². The second kappa shape index (κ2) is 7.37. The third kappa shape index (κ3) is 4.35. The zero-order valence-corrected chi connectivity index (χ0v) is 15.0. The molecule has 2 aliphatic rings. The number of carbonyl (C=O) groups is 2. The van der Waals surface area contributed by atoms with Gasteiger partial charge in [0.25, 0.3) is 5.79 Å². The van der Waals surface area contributed by atoms with Crippen molar-refractivity contribution in [1.29, 1.82) is 0 Å². The molecule has 1 aliphatic heterocycles. The van der Waals surface area contributed by atoms with E-state index in [4.69, 9.17) is 9.47 Å². The topological polar surface area (TPSA) is 96.9 Å². The van der Waals surface area contributed by atoms with Gasteiger partial charge in [0, 0.05) is 26.1 Å². The van der Waals surface area contributed by atoms with E-state index in [9.17, 15) is 14.7 Å². The van der Waals surface area contributed by atoms with E-state index < -0.39 is 17.7 Å². The van der Waals surface area contributed by atoms with Crippen molar-refractivity contribution in [3.05, 3.63) is 36.0 Å². The first-order valence-electron chi connectivity index (χ1n) is 8.81. The SMILES string of the molecule is CC1(C)OC(=O)C(=CNc2ccccc2NC2CCC(O)CC2)C(=O)O1. The van der Waals surface area contributed by atoms with Crippen molar-refractivity contribution in [2.45, 2.75) is 57.5 Å². The molecular formula is C19H24N2O5. The van der Waals surface area contributed by atoms with Crippen molar-refractivity contribution < 1.29 is 24.2 Å². The second-order valence-electron chi connectivity index (χ2n) is 7.08. The largest absolute Gasteiger partial charge is 0.419 e. The Morgan fingerprint density at radius 3 is 2.23 bits per heavy atom. The van der Waals surface area contributed by atoms with Gasteiger partial charge in [-0.2, -0.15) is 0 Å². The summed E-state index contributed by atoms with van der Waals surface area (Å²) in [5.41, 5.74) is 1.42. The van der Waals surface area contributed by atoms with Gasteiger partial charge in [0.1, 0.15) is 0 Å². The Hall–Kier alpha value is -2.54. The van der Waals surface area contributed by atoms with Crippen LogP contribution in [0.15, 0.2) is 36.0 Å². The predicted molar refractivity (Wildman–Crippen MR) is 96.3 cm³/mol. The van der Waals surface area contributed by atoms with Gasteiger partial charge < -0.3 is 25.2 Å². The van der Waals surface area contributed by atoms with E-state index in [1.54, 1.807) is 0 Å². The first-order valence-corrected chi connectivity index (χ1v) is 8.81. The van der Waals surface area contributed by atoms with Crippen molar-refractivity contribution >= 4 is 23.3 Å². The quantitative estimate of drug-likeness (QED) is 0.431. The molecule has 7 heteroatoms. The molecule has 0 amide bonds. The second-order valence-corrected chi connectivity index (χ2v) is 7.08. The van der Waals surface area contributed by atoms with E-state index in [-0.39, 0.29) is 17.7 Å². The number of nitrogens with one attached hydrogen (secondary N) is 2. The number of esters is 2. The minimum atomic E-state index is -1.25. The average Bonchev–Trinajstić information content (AvgIpc) is 2.56. The van der Waals surface area contributed by atoms with Crippen molar-refractivity contribution in [3.63, 3.8) is 0 Å². The number of cyclic esters (lactones) is 2. The summed E-state index contributed by atoms with van der Waals surface area (Å²) in [5.74, 6) is -2.69. The number of benzene rings is 1. The van der Waals surface area contributed by atoms with E-state index in [2.05, 4.69) is 10.6 Å². The number of anilines is 2. The fourth-order valence-corrected chi connectivity index (χ4v) is 3.10. The smallest absolute Gasteiger partial charge is 0.350 e. The van der Waals surface area contributed by atoms with Gasteiger partial charge in [0.15, 0.2) is 5.57 Å². The van der Waals surface area contributed by atoms with Gasteiger partial charge in [0.05, 0.1) is 17.5 Å². The van der Waals surface area contributed by atoms with Gasteiger partial charge in [-0.3, -0.25) is 0 Å². The summed E-state index contributed by atoms with van der Waals surface area (Å²) in [6, 6.07) is 7.81. The highest BCUT2D eigenvalue weighted by Gasteiger charge is 2.39. The molecule has 0 bridgehead atoms. The van der Waals surface area contributed by atoms with Crippen LogP contribution in [-0.4, -0.2) is 35.0 Å². The molecule has 0 atom stereocenters. The molecule has 3 rings (SSSR count). The van der Waals surface area contributed by atoms with Crippen LogP contribution < -0.4 is 10.6 Å². The fourth-order valence-electron chi connectivity index (χ4n) is 3.10. The molecule has 7 nitrogen and oxygen atoms in total. The molecule has 26 heavy (non-hydrogen) atoms. The van der Waals surface area contributed by atoms with Gasteiger partial charge in [0.2, 0.25) is 0 Å². The first kappa shape index (κ1) is 18.3. The molecule has 1 saturated heterocycles.